The van der Waals surface area contributed by atoms with E-state index in [4.69, 9.17) is 0 Å². The maximum atomic E-state index is 9.54. The second-order valence-corrected chi connectivity index (χ2v) is 48.4. The molecule has 4 heteroatoms. The zero-order valence-electron chi connectivity index (χ0n) is 35.1. The van der Waals surface area contributed by atoms with Crippen LogP contribution in [0.1, 0.15) is 65.7 Å². The molecule has 8 aromatic rings. The normalized spacial score (nSPS) is 17.1. The summed E-state index contributed by atoms with van der Waals surface area (Å²) in [6.07, 6.45) is 6.85. The predicted molar refractivity (Wildman–Crippen MR) is 268 cm³/mol. The third-order valence-corrected chi connectivity index (χ3v) is 45.5. The molecule has 62 heavy (non-hydrogen) atoms. The quantitative estimate of drug-likeness (QED) is 0.126. The summed E-state index contributed by atoms with van der Waals surface area (Å²) in [5.74, 6) is 0. The van der Waals surface area contributed by atoms with Gasteiger partial charge in [-0.05, 0) is 0 Å². The Bertz CT molecular complexity index is 2970. The first-order valence-corrected chi connectivity index (χ1v) is 38.4. The third kappa shape index (κ3) is 6.09. The van der Waals surface area contributed by atoms with Gasteiger partial charge in [0.15, 0.2) is 0 Å². The predicted octanol–water partition coefficient (Wildman–Crippen LogP) is 13.5. The van der Waals surface area contributed by atoms with Gasteiger partial charge in [-0.1, -0.05) is 0 Å². The first-order valence-electron chi connectivity index (χ1n) is 22.1. The van der Waals surface area contributed by atoms with Crippen LogP contribution in [0, 0.1) is 0 Å². The molecule has 2 atom stereocenters. The van der Waals surface area contributed by atoms with E-state index in [0.29, 0.717) is 0 Å². The third-order valence-electron chi connectivity index (χ3n) is 14.1. The van der Waals surface area contributed by atoms with Crippen molar-refractivity contribution in [1.82, 2.24) is 0 Å². The Morgan fingerprint density at radius 2 is 0.839 bits per heavy atom. The molecule has 11 rings (SSSR count). The Morgan fingerprint density at radius 1 is 0.419 bits per heavy atom. The van der Waals surface area contributed by atoms with Gasteiger partial charge in [0.05, 0.1) is 0 Å². The molecule has 3 aliphatic rings. The van der Waals surface area contributed by atoms with Crippen LogP contribution in [0.4, 0.5) is 0 Å². The number of fused-ring (bicyclic) bond motifs is 5. The van der Waals surface area contributed by atoms with Crippen molar-refractivity contribution in [2.45, 2.75) is 34.0 Å². The fourth-order valence-electron chi connectivity index (χ4n) is 11.4. The van der Waals surface area contributed by atoms with Gasteiger partial charge in [-0.25, -0.2) is 0 Å². The van der Waals surface area contributed by atoms with Crippen molar-refractivity contribution in [2.24, 2.45) is 0 Å². The fraction of sp³-hybridized carbons (Fsp3) is 0.103. The molecule has 0 fully saturated rings. The Hall–Kier alpha value is -5.09. The number of halogens is 2. The summed E-state index contributed by atoms with van der Waals surface area (Å²) in [6.45, 7) is 4.51. The van der Waals surface area contributed by atoms with Crippen LogP contribution in [0.3, 0.4) is 0 Å². The second kappa shape index (κ2) is 15.6. The standard InChI is InChI=1S/2C23H19.C12H9Si.2ClH.Hf/c2*1-2-17-9-6-7-13-21(17)22-14-8-12-19-15-20(16-23(19)22)18-10-4-3-5-11-18;1-3-7-11-9(5-1)10-6-2-4-8-12(10)13-11;;;/h2*3-16H,2H2,1H3;1-7H,13H2;2*1H;/q;;;;;+2/p-2. The van der Waals surface area contributed by atoms with E-state index < -0.39 is 25.7 Å². The molecular weight excluding hydrogens is 974 g/mol. The number of benzene rings is 8. The molecule has 1 heterocycles. The van der Waals surface area contributed by atoms with Crippen LogP contribution < -0.4 is 13.7 Å². The van der Waals surface area contributed by atoms with Crippen molar-refractivity contribution in [2.75, 3.05) is 0 Å². The average Bonchev–Trinajstić information content (AvgIpc) is 4.05. The molecule has 301 valence electrons. The van der Waals surface area contributed by atoms with Crippen LogP contribution in [0.2, 0.25) is 0 Å². The van der Waals surface area contributed by atoms with Crippen LogP contribution in [-0.2, 0) is 29.0 Å². The number of hydrogen-bond donors (Lipinski definition) is 0. The molecule has 0 amide bonds. The fourth-order valence-corrected chi connectivity index (χ4v) is 49.2. The van der Waals surface area contributed by atoms with E-state index in [-0.39, 0.29) is 7.35 Å². The summed E-state index contributed by atoms with van der Waals surface area (Å²) in [6, 6.07) is 69.6. The van der Waals surface area contributed by atoms with Crippen molar-refractivity contribution >= 4 is 63.7 Å². The van der Waals surface area contributed by atoms with Gasteiger partial charge in [-0.2, -0.15) is 0 Å². The minimum absolute atomic E-state index is 0.250. The van der Waals surface area contributed by atoms with E-state index in [0.717, 1.165) is 12.8 Å². The maximum absolute atomic E-state index is 9.54. The Morgan fingerprint density at radius 3 is 1.35 bits per heavy atom. The van der Waals surface area contributed by atoms with E-state index in [9.17, 15) is 17.2 Å². The van der Waals surface area contributed by atoms with Crippen LogP contribution in [0.5, 0.6) is 0 Å². The van der Waals surface area contributed by atoms with Crippen LogP contribution in [0.25, 0.3) is 56.7 Å². The summed E-state index contributed by atoms with van der Waals surface area (Å²) < 4.78 is 0.740. The molecule has 0 N–H and O–H groups in total. The van der Waals surface area contributed by atoms with E-state index in [1.54, 1.807) is 0 Å². The summed E-state index contributed by atoms with van der Waals surface area (Å²) >= 11 is -6.10. The van der Waals surface area contributed by atoms with Crippen molar-refractivity contribution in [3.63, 3.8) is 0 Å². The van der Waals surface area contributed by atoms with Gasteiger partial charge in [0.1, 0.15) is 0 Å². The van der Waals surface area contributed by atoms with Crippen LogP contribution in [0.15, 0.2) is 188 Å². The molecule has 2 aliphatic carbocycles. The van der Waals surface area contributed by atoms with Gasteiger partial charge in [0, 0.05) is 0 Å². The Labute approximate surface area is 376 Å². The summed E-state index contributed by atoms with van der Waals surface area (Å²) in [5.41, 5.74) is 20.1. The molecule has 1 aliphatic heterocycles. The van der Waals surface area contributed by atoms with Crippen LogP contribution in [-0.4, -0.2) is 9.52 Å². The second-order valence-electron chi connectivity index (χ2n) is 17.3. The molecule has 8 aromatic carbocycles. The number of hydrogen-bond acceptors (Lipinski definition) is 0. The van der Waals surface area contributed by atoms with Gasteiger partial charge in [0.25, 0.3) is 0 Å². The first-order chi connectivity index (χ1) is 30.4. The van der Waals surface area contributed by atoms with Crippen molar-refractivity contribution < 1.29 is 16.1 Å². The van der Waals surface area contributed by atoms with E-state index in [1.165, 1.54) is 103 Å². The van der Waals surface area contributed by atoms with Crippen molar-refractivity contribution in [3.05, 3.63) is 233 Å². The summed E-state index contributed by atoms with van der Waals surface area (Å²) in [7, 11) is 18.1. The molecule has 0 bridgehead atoms. The molecule has 0 radical (unpaired) electrons. The number of allylic oxidation sites excluding steroid dienone is 2. The SMILES string of the molecule is CCc1ccccc1-c1cccc2c1C=C(c1ccccc1)[CH]2[Hf]([Cl])([Cl])([c]1cccc2c1[SiH2]c1ccccc1-2)[CH]1C(c2ccccc2)=Cc2c(-c3ccccc3CC)cccc21. The molecule has 0 spiro atoms. The number of aryl methyl sites for hydroxylation is 2. The average molecular weight is 1020 g/mol. The van der Waals surface area contributed by atoms with Gasteiger partial charge in [0.2, 0.25) is 0 Å². The van der Waals surface area contributed by atoms with Gasteiger partial charge in [-0.15, -0.1) is 0 Å². The monoisotopic (exact) mass is 1020 g/mol. The molecule has 0 saturated carbocycles. The zero-order chi connectivity index (χ0) is 42.0. The Kier molecular flexibility index (Phi) is 10.0. The van der Waals surface area contributed by atoms with E-state index in [2.05, 4.69) is 214 Å². The molecule has 0 saturated heterocycles. The van der Waals surface area contributed by atoms with E-state index in [1.807, 2.05) is 0 Å². The topological polar surface area (TPSA) is 0 Å². The number of rotatable bonds is 9. The first kappa shape index (κ1) is 39.7. The van der Waals surface area contributed by atoms with Gasteiger partial charge >= 0.3 is 380 Å². The van der Waals surface area contributed by atoms with Gasteiger partial charge < -0.3 is 0 Å². The molecule has 0 nitrogen and oxygen atoms in total. The molecule has 2 unspecified atom stereocenters. The molecule has 0 aromatic heterocycles. The van der Waals surface area contributed by atoms with Crippen molar-refractivity contribution in [3.8, 4) is 33.4 Å². The zero-order valence-corrected chi connectivity index (χ0v) is 41.6. The minimum atomic E-state index is -6.10. The van der Waals surface area contributed by atoms with Crippen molar-refractivity contribution in [1.29, 1.82) is 0 Å². The van der Waals surface area contributed by atoms with E-state index >= 15 is 0 Å². The summed E-state index contributed by atoms with van der Waals surface area (Å²) in [4.78, 5) is 0. The Balaban J connectivity index is 1.27. The van der Waals surface area contributed by atoms with Gasteiger partial charge in [-0.3, -0.25) is 0 Å². The van der Waals surface area contributed by atoms with Crippen LogP contribution >= 0.6 is 17.2 Å². The molecular formula is C58H47Cl2HfSi. The summed E-state index contributed by atoms with van der Waals surface area (Å²) in [5, 5.41) is 2.89.